The average molecular weight is 376 g/mol. The first-order valence-electron chi connectivity index (χ1n) is 9.59. The monoisotopic (exact) mass is 376 g/mol. The Morgan fingerprint density at radius 2 is 2.00 bits per heavy atom. The standard InChI is InChI=1S/C22H24N4O2/c1-28-19-6-4-16(5-7-19)13-21(27)26-12-2-3-18(15-26)22-20(14-24-25-22)17-8-10-23-11-9-17/h4-11,14,18H,2-3,12-13,15H2,1H3,(H,24,25). The molecule has 6 heteroatoms. The summed E-state index contributed by atoms with van der Waals surface area (Å²) in [6.45, 7) is 1.53. The van der Waals surface area contributed by atoms with E-state index in [1.54, 1.807) is 19.5 Å². The lowest BCUT2D eigenvalue weighted by Crippen LogP contribution is -2.40. The minimum Gasteiger partial charge on any atom is -0.497 e. The van der Waals surface area contributed by atoms with Gasteiger partial charge in [-0.05, 0) is 48.2 Å². The second-order valence-electron chi connectivity index (χ2n) is 7.14. The number of hydrogen-bond donors (Lipinski definition) is 1. The molecule has 1 amide bonds. The highest BCUT2D eigenvalue weighted by atomic mass is 16.5. The van der Waals surface area contributed by atoms with Crippen LogP contribution in [0.4, 0.5) is 0 Å². The van der Waals surface area contributed by atoms with E-state index in [0.717, 1.165) is 54.1 Å². The molecule has 4 rings (SSSR count). The van der Waals surface area contributed by atoms with Crippen LogP contribution in [-0.4, -0.2) is 46.2 Å². The molecule has 1 aliphatic rings. The highest BCUT2D eigenvalue weighted by molar-refractivity contribution is 5.79. The van der Waals surface area contributed by atoms with Gasteiger partial charge in [0.2, 0.25) is 5.91 Å². The summed E-state index contributed by atoms with van der Waals surface area (Å²) in [5.74, 6) is 1.23. The van der Waals surface area contributed by atoms with Crippen molar-refractivity contribution in [3.63, 3.8) is 0 Å². The van der Waals surface area contributed by atoms with Crippen LogP contribution < -0.4 is 4.74 Å². The Balaban J connectivity index is 1.46. The summed E-state index contributed by atoms with van der Waals surface area (Å²) in [6.07, 6.45) is 7.90. The number of aromatic nitrogens is 3. The number of likely N-dealkylation sites (tertiary alicyclic amines) is 1. The van der Waals surface area contributed by atoms with Crippen LogP contribution in [0.25, 0.3) is 11.1 Å². The number of rotatable bonds is 5. The Bertz CT molecular complexity index is 921. The minimum absolute atomic E-state index is 0.167. The van der Waals surface area contributed by atoms with Crippen molar-refractivity contribution >= 4 is 5.91 Å². The number of nitrogens with zero attached hydrogens (tertiary/aromatic N) is 3. The van der Waals surface area contributed by atoms with Crippen molar-refractivity contribution in [1.82, 2.24) is 20.1 Å². The molecule has 2 aromatic heterocycles. The molecule has 1 saturated heterocycles. The smallest absolute Gasteiger partial charge is 0.227 e. The van der Waals surface area contributed by atoms with E-state index in [4.69, 9.17) is 4.74 Å². The predicted molar refractivity (Wildman–Crippen MR) is 107 cm³/mol. The second-order valence-corrected chi connectivity index (χ2v) is 7.14. The Morgan fingerprint density at radius 3 is 2.75 bits per heavy atom. The molecule has 1 unspecified atom stereocenters. The van der Waals surface area contributed by atoms with Gasteiger partial charge in [-0.15, -0.1) is 0 Å². The van der Waals surface area contributed by atoms with Crippen LogP contribution in [-0.2, 0) is 11.2 Å². The fourth-order valence-electron chi connectivity index (χ4n) is 3.84. The van der Waals surface area contributed by atoms with Crippen LogP contribution in [0.1, 0.15) is 30.0 Å². The molecule has 0 bridgehead atoms. The van der Waals surface area contributed by atoms with E-state index >= 15 is 0 Å². The maximum Gasteiger partial charge on any atom is 0.227 e. The van der Waals surface area contributed by atoms with Crippen LogP contribution >= 0.6 is 0 Å². The van der Waals surface area contributed by atoms with E-state index in [-0.39, 0.29) is 11.8 Å². The zero-order valence-electron chi connectivity index (χ0n) is 16.0. The first-order chi connectivity index (χ1) is 13.7. The summed E-state index contributed by atoms with van der Waals surface area (Å²) in [4.78, 5) is 18.9. The number of ether oxygens (including phenoxy) is 1. The van der Waals surface area contributed by atoms with Gasteiger partial charge in [0.1, 0.15) is 5.75 Å². The van der Waals surface area contributed by atoms with Crippen molar-refractivity contribution in [3.05, 3.63) is 66.2 Å². The second kappa shape index (κ2) is 8.25. The van der Waals surface area contributed by atoms with Gasteiger partial charge in [-0.2, -0.15) is 5.10 Å². The van der Waals surface area contributed by atoms with Gasteiger partial charge in [-0.25, -0.2) is 0 Å². The van der Waals surface area contributed by atoms with Crippen molar-refractivity contribution in [3.8, 4) is 16.9 Å². The van der Waals surface area contributed by atoms with Crippen LogP contribution in [0.5, 0.6) is 5.75 Å². The minimum atomic E-state index is 0.167. The summed E-state index contributed by atoms with van der Waals surface area (Å²) in [5, 5.41) is 7.44. The Morgan fingerprint density at radius 1 is 1.21 bits per heavy atom. The van der Waals surface area contributed by atoms with Gasteiger partial charge in [0.05, 0.1) is 19.7 Å². The molecule has 0 radical (unpaired) electrons. The van der Waals surface area contributed by atoms with Gasteiger partial charge in [-0.3, -0.25) is 14.9 Å². The highest BCUT2D eigenvalue weighted by Gasteiger charge is 2.27. The Hall–Kier alpha value is -3.15. The number of methoxy groups -OCH3 is 1. The van der Waals surface area contributed by atoms with E-state index in [0.29, 0.717) is 6.42 Å². The number of amides is 1. The van der Waals surface area contributed by atoms with Crippen LogP contribution in [0.3, 0.4) is 0 Å². The number of carbonyl (C=O) groups is 1. The van der Waals surface area contributed by atoms with Gasteiger partial charge in [-0.1, -0.05) is 12.1 Å². The number of pyridine rings is 1. The number of piperidine rings is 1. The number of benzene rings is 1. The van der Waals surface area contributed by atoms with Crippen LogP contribution in [0.2, 0.25) is 0 Å². The maximum absolute atomic E-state index is 12.9. The molecule has 0 saturated carbocycles. The number of aromatic amines is 1. The molecule has 3 aromatic rings. The summed E-state index contributed by atoms with van der Waals surface area (Å²) in [6, 6.07) is 11.7. The van der Waals surface area contributed by atoms with Crippen molar-refractivity contribution in [2.45, 2.75) is 25.2 Å². The summed E-state index contributed by atoms with van der Waals surface area (Å²) >= 11 is 0. The fourth-order valence-corrected chi connectivity index (χ4v) is 3.84. The van der Waals surface area contributed by atoms with Gasteiger partial charge in [0.15, 0.2) is 0 Å². The van der Waals surface area contributed by atoms with E-state index in [1.807, 2.05) is 47.5 Å². The van der Waals surface area contributed by atoms with Crippen LogP contribution in [0.15, 0.2) is 55.0 Å². The molecule has 1 atom stereocenters. The molecule has 1 aromatic carbocycles. The largest absolute Gasteiger partial charge is 0.497 e. The molecular formula is C22H24N4O2. The quantitative estimate of drug-likeness (QED) is 0.741. The molecule has 1 fully saturated rings. The molecule has 0 aliphatic carbocycles. The number of carbonyl (C=O) groups excluding carboxylic acids is 1. The molecular weight excluding hydrogens is 352 g/mol. The lowest BCUT2D eigenvalue weighted by atomic mass is 9.90. The van der Waals surface area contributed by atoms with Gasteiger partial charge < -0.3 is 9.64 Å². The molecule has 144 valence electrons. The average Bonchev–Trinajstić information content (AvgIpc) is 3.25. The normalized spacial score (nSPS) is 16.8. The topological polar surface area (TPSA) is 71.1 Å². The number of nitrogens with one attached hydrogen (secondary N) is 1. The number of hydrogen-bond acceptors (Lipinski definition) is 4. The molecule has 28 heavy (non-hydrogen) atoms. The Kier molecular flexibility index (Phi) is 5.37. The SMILES string of the molecule is COc1ccc(CC(=O)N2CCCC(c3[nH]ncc3-c3ccncc3)C2)cc1. The third-order valence-electron chi connectivity index (χ3n) is 5.36. The zero-order valence-corrected chi connectivity index (χ0v) is 16.0. The van der Waals surface area contributed by atoms with E-state index < -0.39 is 0 Å². The lowest BCUT2D eigenvalue weighted by molar-refractivity contribution is -0.131. The van der Waals surface area contributed by atoms with Crippen molar-refractivity contribution in [2.75, 3.05) is 20.2 Å². The highest BCUT2D eigenvalue weighted by Crippen LogP contribution is 2.33. The van der Waals surface area contributed by atoms with Gasteiger partial charge >= 0.3 is 0 Å². The van der Waals surface area contributed by atoms with Crippen molar-refractivity contribution < 1.29 is 9.53 Å². The van der Waals surface area contributed by atoms with E-state index in [9.17, 15) is 4.79 Å². The molecule has 1 aliphatic heterocycles. The van der Waals surface area contributed by atoms with Gasteiger partial charge in [0.25, 0.3) is 0 Å². The maximum atomic E-state index is 12.9. The van der Waals surface area contributed by atoms with Crippen LogP contribution in [0, 0.1) is 0 Å². The Labute approximate surface area is 164 Å². The first-order valence-corrected chi connectivity index (χ1v) is 9.59. The summed E-state index contributed by atoms with van der Waals surface area (Å²) in [7, 11) is 1.64. The van der Waals surface area contributed by atoms with Crippen molar-refractivity contribution in [2.24, 2.45) is 0 Å². The van der Waals surface area contributed by atoms with E-state index in [2.05, 4.69) is 15.2 Å². The van der Waals surface area contributed by atoms with Crippen molar-refractivity contribution in [1.29, 1.82) is 0 Å². The fraction of sp³-hybridized carbons (Fsp3) is 0.318. The molecule has 6 nitrogen and oxygen atoms in total. The first kappa shape index (κ1) is 18.2. The summed E-state index contributed by atoms with van der Waals surface area (Å²) < 4.78 is 5.18. The summed E-state index contributed by atoms with van der Waals surface area (Å²) in [5.41, 5.74) is 4.30. The number of H-pyrrole nitrogens is 1. The zero-order chi connectivity index (χ0) is 19.3. The van der Waals surface area contributed by atoms with E-state index in [1.165, 1.54) is 0 Å². The molecule has 1 N–H and O–H groups in total. The lowest BCUT2D eigenvalue weighted by Gasteiger charge is -2.33. The predicted octanol–water partition coefficient (Wildman–Crippen LogP) is 3.43. The third kappa shape index (κ3) is 3.91. The third-order valence-corrected chi connectivity index (χ3v) is 5.36. The van der Waals surface area contributed by atoms with Gasteiger partial charge in [0, 0.05) is 42.7 Å². The molecule has 0 spiro atoms. The molecule has 3 heterocycles.